The molecule has 0 radical (unpaired) electrons. The summed E-state index contributed by atoms with van der Waals surface area (Å²) in [5.74, 6) is 0. The van der Waals surface area contributed by atoms with E-state index in [4.69, 9.17) is 9.47 Å². The van der Waals surface area contributed by atoms with Crippen LogP contribution in [0.3, 0.4) is 0 Å². The van der Waals surface area contributed by atoms with Crippen LogP contribution in [0.2, 0.25) is 0 Å². The summed E-state index contributed by atoms with van der Waals surface area (Å²) < 4.78 is 11.3. The minimum atomic E-state index is -0.0606. The molecule has 1 fully saturated rings. The zero-order valence-corrected chi connectivity index (χ0v) is 9.09. The van der Waals surface area contributed by atoms with Crippen molar-refractivity contribution in [1.29, 1.82) is 0 Å². The van der Waals surface area contributed by atoms with E-state index in [1.807, 2.05) is 0 Å². The van der Waals surface area contributed by atoms with Crippen LogP contribution in [0.25, 0.3) is 0 Å². The zero-order chi connectivity index (χ0) is 9.90. The van der Waals surface area contributed by atoms with Crippen molar-refractivity contribution in [3.8, 4) is 0 Å². The maximum atomic E-state index is 5.93. The number of rotatable bonds is 3. The molecule has 0 aromatic carbocycles. The van der Waals surface area contributed by atoms with Gasteiger partial charge in [-0.25, -0.2) is 0 Å². The van der Waals surface area contributed by atoms with Crippen LogP contribution < -0.4 is 5.32 Å². The van der Waals surface area contributed by atoms with Gasteiger partial charge in [0.15, 0.2) is 0 Å². The maximum absolute atomic E-state index is 5.93. The summed E-state index contributed by atoms with van der Waals surface area (Å²) in [4.78, 5) is 0. The number of hydrogen-bond donors (Lipinski definition) is 1. The molecule has 0 spiro atoms. The second kappa shape index (κ2) is 4.40. The van der Waals surface area contributed by atoms with Crippen molar-refractivity contribution >= 4 is 0 Å². The molecule has 0 saturated carbocycles. The smallest absolute Gasteiger partial charge is 0.0968 e. The van der Waals surface area contributed by atoms with Gasteiger partial charge in [-0.1, -0.05) is 6.92 Å². The van der Waals surface area contributed by atoms with Gasteiger partial charge in [0.2, 0.25) is 0 Å². The van der Waals surface area contributed by atoms with Gasteiger partial charge < -0.3 is 14.8 Å². The minimum Gasteiger partial charge on any atom is -0.379 e. The molecule has 78 valence electrons. The van der Waals surface area contributed by atoms with Crippen LogP contribution in [0.5, 0.6) is 0 Å². The van der Waals surface area contributed by atoms with Crippen LogP contribution in [0, 0.1) is 0 Å². The molecule has 1 N–H and O–H groups in total. The Morgan fingerprint density at radius 3 is 2.77 bits per heavy atom. The molecule has 0 aromatic rings. The predicted octanol–water partition coefficient (Wildman–Crippen LogP) is 1.18. The summed E-state index contributed by atoms with van der Waals surface area (Å²) in [5, 5.41) is 3.37. The van der Waals surface area contributed by atoms with Crippen molar-refractivity contribution in [2.45, 2.75) is 45.0 Å². The third-order valence-corrected chi connectivity index (χ3v) is 2.49. The van der Waals surface area contributed by atoms with Crippen molar-refractivity contribution in [3.05, 3.63) is 0 Å². The molecule has 1 aliphatic heterocycles. The van der Waals surface area contributed by atoms with E-state index in [2.05, 4.69) is 26.1 Å². The van der Waals surface area contributed by atoms with Gasteiger partial charge in [-0.05, 0) is 20.3 Å². The van der Waals surface area contributed by atoms with E-state index in [9.17, 15) is 0 Å². The van der Waals surface area contributed by atoms with E-state index in [0.29, 0.717) is 0 Å². The average molecular weight is 187 g/mol. The van der Waals surface area contributed by atoms with Gasteiger partial charge in [-0.15, -0.1) is 0 Å². The third kappa shape index (κ3) is 2.93. The maximum Gasteiger partial charge on any atom is 0.0968 e. The standard InChI is InChI=1S/C10H21NO2/c1-5-8(12-4)9-6-11-7-10(2,3)13-9/h8-9,11H,5-7H2,1-4H3. The Balaban J connectivity index is 2.50. The van der Waals surface area contributed by atoms with Crippen LogP contribution >= 0.6 is 0 Å². The molecule has 0 bridgehead atoms. The molecule has 1 heterocycles. The van der Waals surface area contributed by atoms with E-state index >= 15 is 0 Å². The summed E-state index contributed by atoms with van der Waals surface area (Å²) in [6, 6.07) is 0. The molecule has 13 heavy (non-hydrogen) atoms. The average Bonchev–Trinajstić information content (AvgIpc) is 2.05. The summed E-state index contributed by atoms with van der Waals surface area (Å²) in [6.07, 6.45) is 1.41. The van der Waals surface area contributed by atoms with Gasteiger partial charge in [0, 0.05) is 20.2 Å². The van der Waals surface area contributed by atoms with E-state index in [1.54, 1.807) is 7.11 Å². The fourth-order valence-corrected chi connectivity index (χ4v) is 1.80. The first-order valence-electron chi connectivity index (χ1n) is 5.00. The van der Waals surface area contributed by atoms with Crippen LogP contribution in [0.4, 0.5) is 0 Å². The fourth-order valence-electron chi connectivity index (χ4n) is 1.80. The first kappa shape index (κ1) is 11.0. The lowest BCUT2D eigenvalue weighted by molar-refractivity contribution is -0.144. The Morgan fingerprint density at radius 1 is 1.62 bits per heavy atom. The largest absolute Gasteiger partial charge is 0.379 e. The summed E-state index contributed by atoms with van der Waals surface area (Å²) in [5.41, 5.74) is -0.0606. The first-order valence-corrected chi connectivity index (χ1v) is 5.00. The summed E-state index contributed by atoms with van der Waals surface area (Å²) in [6.45, 7) is 8.15. The van der Waals surface area contributed by atoms with Gasteiger partial charge in [0.1, 0.15) is 0 Å². The Labute approximate surface area is 80.8 Å². The van der Waals surface area contributed by atoms with Crippen LogP contribution in [-0.4, -0.2) is 38.0 Å². The second-order valence-corrected chi connectivity index (χ2v) is 4.23. The lowest BCUT2D eigenvalue weighted by Crippen LogP contribution is -2.54. The molecular weight excluding hydrogens is 166 g/mol. The second-order valence-electron chi connectivity index (χ2n) is 4.23. The molecule has 3 heteroatoms. The van der Waals surface area contributed by atoms with Crippen molar-refractivity contribution < 1.29 is 9.47 Å². The topological polar surface area (TPSA) is 30.5 Å². The quantitative estimate of drug-likeness (QED) is 0.719. The van der Waals surface area contributed by atoms with Gasteiger partial charge in [0.05, 0.1) is 17.8 Å². The van der Waals surface area contributed by atoms with Crippen LogP contribution in [-0.2, 0) is 9.47 Å². The Morgan fingerprint density at radius 2 is 2.31 bits per heavy atom. The summed E-state index contributed by atoms with van der Waals surface area (Å²) >= 11 is 0. The fraction of sp³-hybridized carbons (Fsp3) is 1.00. The monoisotopic (exact) mass is 187 g/mol. The molecule has 0 aromatic heterocycles. The predicted molar refractivity (Wildman–Crippen MR) is 52.9 cm³/mol. The highest BCUT2D eigenvalue weighted by Crippen LogP contribution is 2.19. The van der Waals surface area contributed by atoms with Gasteiger partial charge in [0.25, 0.3) is 0 Å². The highest BCUT2D eigenvalue weighted by Gasteiger charge is 2.32. The van der Waals surface area contributed by atoms with Crippen molar-refractivity contribution in [3.63, 3.8) is 0 Å². The lowest BCUT2D eigenvalue weighted by Gasteiger charge is -2.39. The van der Waals surface area contributed by atoms with Crippen molar-refractivity contribution in [2.75, 3.05) is 20.2 Å². The van der Waals surface area contributed by atoms with E-state index in [1.165, 1.54) is 0 Å². The number of nitrogens with one attached hydrogen (secondary N) is 1. The highest BCUT2D eigenvalue weighted by atomic mass is 16.6. The molecule has 3 nitrogen and oxygen atoms in total. The zero-order valence-electron chi connectivity index (χ0n) is 9.09. The molecular formula is C10H21NO2. The van der Waals surface area contributed by atoms with Crippen LogP contribution in [0.1, 0.15) is 27.2 Å². The lowest BCUT2D eigenvalue weighted by atomic mass is 10.0. The normalized spacial score (nSPS) is 30.0. The molecule has 1 rings (SSSR count). The number of ether oxygens (including phenoxy) is 2. The summed E-state index contributed by atoms with van der Waals surface area (Å²) in [7, 11) is 1.75. The Bertz CT molecular complexity index is 155. The van der Waals surface area contributed by atoms with Gasteiger partial charge in [-0.3, -0.25) is 0 Å². The third-order valence-electron chi connectivity index (χ3n) is 2.49. The van der Waals surface area contributed by atoms with Crippen molar-refractivity contribution in [2.24, 2.45) is 0 Å². The number of methoxy groups -OCH3 is 1. The molecule has 2 atom stereocenters. The van der Waals surface area contributed by atoms with Gasteiger partial charge in [-0.2, -0.15) is 0 Å². The first-order chi connectivity index (χ1) is 6.09. The SMILES string of the molecule is CCC(OC)C1CNCC(C)(C)O1. The van der Waals surface area contributed by atoms with Gasteiger partial charge >= 0.3 is 0 Å². The minimum absolute atomic E-state index is 0.0606. The molecule has 0 amide bonds. The molecule has 0 aliphatic carbocycles. The molecule has 1 aliphatic rings. The van der Waals surface area contributed by atoms with Crippen molar-refractivity contribution in [1.82, 2.24) is 5.32 Å². The van der Waals surface area contributed by atoms with E-state index in [-0.39, 0.29) is 17.8 Å². The van der Waals surface area contributed by atoms with E-state index in [0.717, 1.165) is 19.5 Å². The number of hydrogen-bond acceptors (Lipinski definition) is 3. The molecule has 2 unspecified atom stereocenters. The van der Waals surface area contributed by atoms with Crippen LogP contribution in [0.15, 0.2) is 0 Å². The Kier molecular flexibility index (Phi) is 3.71. The van der Waals surface area contributed by atoms with E-state index < -0.39 is 0 Å². The molecule has 1 saturated heterocycles. The highest BCUT2D eigenvalue weighted by molar-refractivity contribution is 4.84. The Hall–Kier alpha value is -0.120. The number of morpholine rings is 1.